The lowest BCUT2D eigenvalue weighted by Gasteiger charge is -2.33. The first-order chi connectivity index (χ1) is 20.6. The molecule has 1 unspecified atom stereocenters. The number of carbonyl (C=O) groups is 3. The van der Waals surface area contributed by atoms with Gasteiger partial charge in [-0.1, -0.05) is 87.5 Å². The van der Waals surface area contributed by atoms with E-state index in [2.05, 4.69) is 16.0 Å². The van der Waals surface area contributed by atoms with Crippen molar-refractivity contribution in [3.63, 3.8) is 0 Å². The van der Waals surface area contributed by atoms with Gasteiger partial charge in [0.25, 0.3) is 5.91 Å². The van der Waals surface area contributed by atoms with E-state index in [0.29, 0.717) is 6.42 Å². The molecule has 3 aromatic rings. The van der Waals surface area contributed by atoms with Crippen molar-refractivity contribution in [2.75, 3.05) is 0 Å². The van der Waals surface area contributed by atoms with Crippen molar-refractivity contribution in [2.24, 2.45) is 10.6 Å². The van der Waals surface area contributed by atoms with E-state index < -0.39 is 57.6 Å². The third-order valence-electron chi connectivity index (χ3n) is 7.10. The summed E-state index contributed by atoms with van der Waals surface area (Å²) in [6.45, 7) is 5.18. The topological polar surface area (TPSA) is 188 Å². The molecule has 0 heterocycles. The summed E-state index contributed by atoms with van der Waals surface area (Å²) in [6, 6.07) is 21.3. The second kappa shape index (κ2) is 15.0. The lowest BCUT2D eigenvalue weighted by Crippen LogP contribution is -2.58. The molecule has 0 aromatic heterocycles. The van der Waals surface area contributed by atoms with Crippen LogP contribution in [0.1, 0.15) is 48.7 Å². The first kappa shape index (κ1) is 34.2. The Balaban J connectivity index is 1.90. The maximum absolute atomic E-state index is 13.4. The van der Waals surface area contributed by atoms with E-state index in [1.54, 1.807) is 20.8 Å². The van der Waals surface area contributed by atoms with Gasteiger partial charge in [-0.15, -0.1) is 0 Å². The van der Waals surface area contributed by atoms with E-state index >= 15 is 0 Å². The molecule has 7 N–H and O–H groups in total. The van der Waals surface area contributed by atoms with Crippen LogP contribution in [0.3, 0.4) is 0 Å². The molecule has 0 aliphatic carbocycles. The number of nitrogens with two attached hydrogens (primary N) is 1. The van der Waals surface area contributed by atoms with Crippen molar-refractivity contribution in [3.05, 3.63) is 102 Å². The molecular formula is C32H40N4O7S. The summed E-state index contributed by atoms with van der Waals surface area (Å²) in [4.78, 5) is 37.9. The highest BCUT2D eigenvalue weighted by Gasteiger charge is 2.35. The van der Waals surface area contributed by atoms with Crippen LogP contribution in [0.5, 0.6) is 0 Å². The Hall–Kier alpha value is -4.26. The standard InChI is InChI=1S/C32H40N4O7S/c1-32(2,3)28(36-31(40)41)30(39)35-26(18-22-13-8-5-9-14-22)27(37)20-24(17-21-11-6-4-7-12-21)34-29(38)23-15-10-16-25(19-23)44(33,42)43/h4-16,19,24,26-28,36-37H,17-18,20H2,1-3H3,(H,34,38)(H,35,39)(H,40,41)(H2,33,42,43)/t24-,26-,27-,28?/m0/s1. The Morgan fingerprint density at radius 2 is 1.39 bits per heavy atom. The summed E-state index contributed by atoms with van der Waals surface area (Å²) in [5.41, 5.74) is 1.02. The minimum absolute atomic E-state index is 0.0137. The molecule has 0 saturated heterocycles. The third kappa shape index (κ3) is 10.5. The van der Waals surface area contributed by atoms with E-state index in [4.69, 9.17) is 5.14 Å². The zero-order valence-electron chi connectivity index (χ0n) is 24.9. The molecule has 12 heteroatoms. The molecule has 11 nitrogen and oxygen atoms in total. The first-order valence-corrected chi connectivity index (χ1v) is 15.7. The summed E-state index contributed by atoms with van der Waals surface area (Å²) >= 11 is 0. The lowest BCUT2D eigenvalue weighted by molar-refractivity contribution is -0.127. The van der Waals surface area contributed by atoms with Crippen LogP contribution in [-0.4, -0.2) is 60.8 Å². The number of nitrogens with one attached hydrogen (secondary N) is 3. The molecular weight excluding hydrogens is 584 g/mol. The fraction of sp³-hybridized carbons (Fsp3) is 0.344. The Morgan fingerprint density at radius 1 is 0.818 bits per heavy atom. The highest BCUT2D eigenvalue weighted by molar-refractivity contribution is 7.89. The Kier molecular flexibility index (Phi) is 11.6. The number of aliphatic hydroxyl groups is 1. The summed E-state index contributed by atoms with van der Waals surface area (Å²) in [7, 11) is -4.03. The van der Waals surface area contributed by atoms with Gasteiger partial charge < -0.3 is 26.2 Å². The number of amides is 3. The molecule has 44 heavy (non-hydrogen) atoms. The summed E-state index contributed by atoms with van der Waals surface area (Å²) in [5.74, 6) is -1.16. The molecule has 3 amide bonds. The molecule has 0 bridgehead atoms. The predicted molar refractivity (Wildman–Crippen MR) is 166 cm³/mol. The van der Waals surface area contributed by atoms with Crippen molar-refractivity contribution in [2.45, 2.75) is 69.2 Å². The number of rotatable bonds is 13. The number of hydrogen-bond donors (Lipinski definition) is 6. The quantitative estimate of drug-likeness (QED) is 0.169. The molecule has 3 rings (SSSR count). The van der Waals surface area contributed by atoms with Crippen LogP contribution in [-0.2, 0) is 27.7 Å². The van der Waals surface area contributed by atoms with Gasteiger partial charge in [0.05, 0.1) is 17.0 Å². The van der Waals surface area contributed by atoms with Gasteiger partial charge >= 0.3 is 6.09 Å². The van der Waals surface area contributed by atoms with Crippen molar-refractivity contribution in [3.8, 4) is 0 Å². The minimum atomic E-state index is -4.03. The fourth-order valence-electron chi connectivity index (χ4n) is 4.85. The van der Waals surface area contributed by atoms with Crippen LogP contribution in [0, 0.1) is 5.41 Å². The maximum Gasteiger partial charge on any atom is 0.405 e. The van der Waals surface area contributed by atoms with Crippen LogP contribution < -0.4 is 21.1 Å². The van der Waals surface area contributed by atoms with Gasteiger partial charge in [-0.3, -0.25) is 9.59 Å². The van der Waals surface area contributed by atoms with Gasteiger partial charge in [0.2, 0.25) is 15.9 Å². The average Bonchev–Trinajstić information content (AvgIpc) is 2.95. The normalized spacial score (nSPS) is 14.5. The molecule has 0 saturated carbocycles. The van der Waals surface area contributed by atoms with E-state index in [1.807, 2.05) is 60.7 Å². The van der Waals surface area contributed by atoms with Gasteiger partial charge in [0.15, 0.2) is 0 Å². The zero-order valence-corrected chi connectivity index (χ0v) is 25.8. The lowest BCUT2D eigenvalue weighted by atomic mass is 9.85. The molecule has 0 fully saturated rings. The number of carbonyl (C=O) groups excluding carboxylic acids is 2. The SMILES string of the molecule is CC(C)(C)C(NC(=O)O)C(=O)N[C@@H](Cc1ccccc1)[C@@H](O)C[C@H](Cc1ccccc1)NC(=O)c1cccc(S(N)(=O)=O)c1. The Morgan fingerprint density at radius 3 is 1.91 bits per heavy atom. The number of sulfonamides is 1. The second-order valence-corrected chi connectivity index (χ2v) is 13.4. The van der Waals surface area contributed by atoms with Crippen LogP contribution in [0.4, 0.5) is 4.79 Å². The Labute approximate surface area is 257 Å². The zero-order chi connectivity index (χ0) is 32.5. The van der Waals surface area contributed by atoms with Gasteiger partial charge in [0.1, 0.15) is 6.04 Å². The van der Waals surface area contributed by atoms with Crippen molar-refractivity contribution in [1.29, 1.82) is 0 Å². The van der Waals surface area contributed by atoms with E-state index in [0.717, 1.165) is 11.1 Å². The van der Waals surface area contributed by atoms with Crippen molar-refractivity contribution < 1.29 is 33.0 Å². The smallest absolute Gasteiger partial charge is 0.405 e. The summed E-state index contributed by atoms with van der Waals surface area (Å²) in [6.07, 6.45) is -1.94. The number of primary sulfonamides is 1. The first-order valence-electron chi connectivity index (χ1n) is 14.1. The molecule has 236 valence electrons. The van der Waals surface area contributed by atoms with Crippen LogP contribution in [0.15, 0.2) is 89.8 Å². The van der Waals surface area contributed by atoms with Gasteiger partial charge in [-0.25, -0.2) is 18.4 Å². The third-order valence-corrected chi connectivity index (χ3v) is 8.01. The van der Waals surface area contributed by atoms with Crippen LogP contribution in [0.2, 0.25) is 0 Å². The molecule has 0 aliphatic heterocycles. The monoisotopic (exact) mass is 624 g/mol. The fourth-order valence-corrected chi connectivity index (χ4v) is 5.41. The van der Waals surface area contributed by atoms with Gasteiger partial charge in [-0.2, -0.15) is 0 Å². The molecule has 0 radical (unpaired) electrons. The molecule has 0 aliphatic rings. The Bertz CT molecular complexity index is 1530. The summed E-state index contributed by atoms with van der Waals surface area (Å²) in [5, 5.41) is 34.2. The molecule has 0 spiro atoms. The average molecular weight is 625 g/mol. The number of hydrogen-bond acceptors (Lipinski definition) is 6. The highest BCUT2D eigenvalue weighted by atomic mass is 32.2. The van der Waals surface area contributed by atoms with E-state index in [-0.39, 0.29) is 23.3 Å². The maximum atomic E-state index is 13.4. The van der Waals surface area contributed by atoms with Crippen molar-refractivity contribution >= 4 is 27.9 Å². The predicted octanol–water partition coefficient (Wildman–Crippen LogP) is 2.84. The summed E-state index contributed by atoms with van der Waals surface area (Å²) < 4.78 is 23.7. The minimum Gasteiger partial charge on any atom is -0.465 e. The van der Waals surface area contributed by atoms with E-state index in [1.165, 1.54) is 24.3 Å². The van der Waals surface area contributed by atoms with Gasteiger partial charge in [-0.05, 0) is 54.0 Å². The van der Waals surface area contributed by atoms with Crippen molar-refractivity contribution in [1.82, 2.24) is 16.0 Å². The number of carboxylic acid groups (broad SMARTS) is 1. The van der Waals surface area contributed by atoms with E-state index in [9.17, 15) is 33.0 Å². The second-order valence-electron chi connectivity index (χ2n) is 11.8. The highest BCUT2D eigenvalue weighted by Crippen LogP contribution is 2.21. The largest absolute Gasteiger partial charge is 0.465 e. The van der Waals surface area contributed by atoms with Crippen LogP contribution in [0.25, 0.3) is 0 Å². The number of benzene rings is 3. The molecule has 4 atom stereocenters. The molecule has 3 aromatic carbocycles. The number of aliphatic hydroxyl groups excluding tert-OH is 1. The van der Waals surface area contributed by atoms with Gasteiger partial charge in [0, 0.05) is 11.6 Å². The van der Waals surface area contributed by atoms with Crippen LogP contribution >= 0.6 is 0 Å².